The number of alkyl halides is 1. The zero-order valence-electron chi connectivity index (χ0n) is 16.8. The maximum Gasteiger partial charge on any atom is 0.166 e. The van der Waals surface area contributed by atoms with Gasteiger partial charge in [0.15, 0.2) is 6.29 Å². The number of H-pyrrole nitrogens is 2. The Morgan fingerprint density at radius 3 is 2.76 bits per heavy atom. The van der Waals surface area contributed by atoms with Crippen LogP contribution in [0.1, 0.15) is 53.4 Å². The van der Waals surface area contributed by atoms with Crippen molar-refractivity contribution < 1.29 is 9.18 Å². The smallest absolute Gasteiger partial charge is 0.166 e. The summed E-state index contributed by atoms with van der Waals surface area (Å²) in [7, 11) is 0. The molecule has 0 saturated carbocycles. The largest absolute Gasteiger partial charge is 0.357 e. The number of carbonyl (C=O) groups excluding carboxylic acids is 1. The monoisotopic (exact) mass is 409 g/mol. The fraction of sp³-hybridized carbons (Fsp3) is 0.348. The molecule has 4 aromatic rings. The second-order valence-corrected chi connectivity index (χ2v) is 9.79. The third-order valence-electron chi connectivity index (χ3n) is 5.82. The Bertz CT molecular complexity index is 1180. The van der Waals surface area contributed by atoms with Gasteiger partial charge in [-0.1, -0.05) is 18.2 Å². The summed E-state index contributed by atoms with van der Waals surface area (Å²) >= 11 is 1.67. The first-order valence-electron chi connectivity index (χ1n) is 9.96. The predicted molar refractivity (Wildman–Crippen MR) is 117 cm³/mol. The SMILES string of the molecule is C[C@@H]1Cc2c([nH]c3ccccc23)[C@@H](c2cc3[nH]c(C=O)cc3s2)N1CC(C)(C)F. The van der Waals surface area contributed by atoms with Crippen LogP contribution in [0, 0.1) is 0 Å². The highest BCUT2D eigenvalue weighted by molar-refractivity contribution is 7.19. The van der Waals surface area contributed by atoms with Crippen molar-refractivity contribution in [1.29, 1.82) is 0 Å². The number of halogens is 1. The van der Waals surface area contributed by atoms with Crippen molar-refractivity contribution in [2.45, 2.75) is 44.9 Å². The first-order valence-corrected chi connectivity index (χ1v) is 10.8. The molecular formula is C23H24FN3OS. The average molecular weight is 410 g/mol. The molecule has 0 saturated heterocycles. The molecule has 6 heteroatoms. The van der Waals surface area contributed by atoms with Gasteiger partial charge in [-0.05, 0) is 51.0 Å². The quantitative estimate of drug-likeness (QED) is 0.431. The van der Waals surface area contributed by atoms with Gasteiger partial charge in [-0.3, -0.25) is 9.69 Å². The minimum absolute atomic E-state index is 0.0401. The van der Waals surface area contributed by atoms with Crippen molar-refractivity contribution in [3.63, 3.8) is 0 Å². The number of nitrogens with one attached hydrogen (secondary N) is 2. The van der Waals surface area contributed by atoms with Gasteiger partial charge < -0.3 is 9.97 Å². The molecule has 4 heterocycles. The lowest BCUT2D eigenvalue weighted by molar-refractivity contribution is 0.0679. The molecule has 5 rings (SSSR count). The van der Waals surface area contributed by atoms with E-state index in [1.807, 2.05) is 12.1 Å². The molecule has 2 N–H and O–H groups in total. The normalized spacial score (nSPS) is 20.4. The molecule has 4 nitrogen and oxygen atoms in total. The zero-order chi connectivity index (χ0) is 20.3. The second-order valence-electron chi connectivity index (χ2n) is 8.68. The molecule has 1 aliphatic heterocycles. The van der Waals surface area contributed by atoms with Crippen LogP contribution >= 0.6 is 11.3 Å². The fourth-order valence-electron chi connectivity index (χ4n) is 4.65. The molecule has 0 spiro atoms. The summed E-state index contributed by atoms with van der Waals surface area (Å²) in [4.78, 5) is 21.3. The summed E-state index contributed by atoms with van der Waals surface area (Å²) in [5.41, 5.74) is 3.87. The van der Waals surface area contributed by atoms with Crippen LogP contribution in [0.4, 0.5) is 4.39 Å². The van der Waals surface area contributed by atoms with E-state index in [-0.39, 0.29) is 12.1 Å². The van der Waals surface area contributed by atoms with E-state index in [0.717, 1.165) is 39.0 Å². The van der Waals surface area contributed by atoms with Crippen LogP contribution < -0.4 is 0 Å². The molecule has 0 bridgehead atoms. The Hall–Kier alpha value is -2.44. The van der Waals surface area contributed by atoms with E-state index in [1.54, 1.807) is 25.2 Å². The number of thiophene rings is 1. The number of benzene rings is 1. The van der Waals surface area contributed by atoms with Crippen molar-refractivity contribution >= 4 is 38.7 Å². The number of fused-ring (bicyclic) bond motifs is 4. The first-order chi connectivity index (χ1) is 13.8. The number of para-hydroxylation sites is 1. The first kappa shape index (κ1) is 18.6. The number of hydrogen-bond acceptors (Lipinski definition) is 3. The predicted octanol–water partition coefficient (Wildman–Crippen LogP) is 5.61. The molecule has 0 radical (unpaired) electrons. The van der Waals surface area contributed by atoms with Crippen LogP contribution in [0.15, 0.2) is 36.4 Å². The maximum absolute atomic E-state index is 14.8. The van der Waals surface area contributed by atoms with Gasteiger partial charge in [0.25, 0.3) is 0 Å². The van der Waals surface area contributed by atoms with Gasteiger partial charge in [0, 0.05) is 34.1 Å². The van der Waals surface area contributed by atoms with Gasteiger partial charge >= 0.3 is 0 Å². The van der Waals surface area contributed by atoms with Gasteiger partial charge in [-0.15, -0.1) is 11.3 Å². The molecule has 29 heavy (non-hydrogen) atoms. The van der Waals surface area contributed by atoms with Crippen molar-refractivity contribution in [3.05, 3.63) is 58.2 Å². The molecule has 0 amide bonds. The molecule has 1 aliphatic rings. The molecule has 2 atom stereocenters. The number of aromatic amines is 2. The number of carbonyl (C=O) groups is 1. The highest BCUT2D eigenvalue weighted by atomic mass is 32.1. The molecule has 3 aromatic heterocycles. The van der Waals surface area contributed by atoms with E-state index in [9.17, 15) is 9.18 Å². The zero-order valence-corrected chi connectivity index (χ0v) is 17.6. The Morgan fingerprint density at radius 2 is 2.03 bits per heavy atom. The van der Waals surface area contributed by atoms with Crippen LogP contribution in [0.5, 0.6) is 0 Å². The van der Waals surface area contributed by atoms with Crippen LogP contribution in [0.25, 0.3) is 21.1 Å². The Balaban J connectivity index is 1.70. The summed E-state index contributed by atoms with van der Waals surface area (Å²) in [6, 6.07) is 12.6. The fourth-order valence-corrected chi connectivity index (χ4v) is 5.86. The van der Waals surface area contributed by atoms with Crippen LogP contribution in [0.3, 0.4) is 0 Å². The molecule has 0 aliphatic carbocycles. The third-order valence-corrected chi connectivity index (χ3v) is 6.95. The molecule has 1 aromatic carbocycles. The van der Waals surface area contributed by atoms with Gasteiger partial charge in [0.2, 0.25) is 0 Å². The van der Waals surface area contributed by atoms with Crippen LogP contribution in [0.2, 0.25) is 0 Å². The van der Waals surface area contributed by atoms with Crippen LogP contribution in [-0.2, 0) is 6.42 Å². The Kier molecular flexibility index (Phi) is 4.19. The summed E-state index contributed by atoms with van der Waals surface area (Å²) in [5, 5.41) is 1.25. The number of aldehydes is 1. The number of nitrogens with zero attached hydrogens (tertiary/aromatic N) is 1. The summed E-state index contributed by atoms with van der Waals surface area (Å²) in [6.07, 6.45) is 1.73. The van der Waals surface area contributed by atoms with Gasteiger partial charge in [0.05, 0.1) is 22.0 Å². The van der Waals surface area contributed by atoms with E-state index in [0.29, 0.717) is 12.2 Å². The minimum Gasteiger partial charge on any atom is -0.357 e. The Labute approximate surface area is 172 Å². The summed E-state index contributed by atoms with van der Waals surface area (Å²) < 4.78 is 15.8. The van der Waals surface area contributed by atoms with E-state index in [1.165, 1.54) is 10.9 Å². The summed E-state index contributed by atoms with van der Waals surface area (Å²) in [6.45, 7) is 5.84. The van der Waals surface area contributed by atoms with Gasteiger partial charge in [0.1, 0.15) is 5.67 Å². The van der Waals surface area contributed by atoms with Crippen molar-refractivity contribution in [1.82, 2.24) is 14.9 Å². The lowest BCUT2D eigenvalue weighted by atomic mass is 9.90. The second kappa shape index (κ2) is 6.54. The minimum atomic E-state index is -1.29. The number of hydrogen-bond donors (Lipinski definition) is 2. The average Bonchev–Trinajstić information content (AvgIpc) is 3.32. The Morgan fingerprint density at radius 1 is 1.24 bits per heavy atom. The maximum atomic E-state index is 14.8. The lowest BCUT2D eigenvalue weighted by Gasteiger charge is -2.42. The van der Waals surface area contributed by atoms with Gasteiger partial charge in [-0.2, -0.15) is 0 Å². The van der Waals surface area contributed by atoms with Crippen molar-refractivity contribution in [2.75, 3.05) is 6.54 Å². The van der Waals surface area contributed by atoms with Gasteiger partial charge in [-0.25, -0.2) is 4.39 Å². The van der Waals surface area contributed by atoms with E-state index in [2.05, 4.69) is 46.1 Å². The van der Waals surface area contributed by atoms with E-state index in [4.69, 9.17) is 0 Å². The van der Waals surface area contributed by atoms with E-state index < -0.39 is 5.67 Å². The van der Waals surface area contributed by atoms with Crippen molar-refractivity contribution in [3.8, 4) is 0 Å². The number of rotatable bonds is 4. The molecular weight excluding hydrogens is 385 g/mol. The summed E-state index contributed by atoms with van der Waals surface area (Å²) in [5.74, 6) is 0. The lowest BCUT2D eigenvalue weighted by Crippen LogP contribution is -2.47. The molecule has 0 unspecified atom stereocenters. The van der Waals surface area contributed by atoms with E-state index >= 15 is 0 Å². The highest BCUT2D eigenvalue weighted by Crippen LogP contribution is 2.44. The topological polar surface area (TPSA) is 51.9 Å². The highest BCUT2D eigenvalue weighted by Gasteiger charge is 2.39. The van der Waals surface area contributed by atoms with Crippen molar-refractivity contribution in [2.24, 2.45) is 0 Å². The number of aromatic nitrogens is 2. The van der Waals surface area contributed by atoms with Crippen LogP contribution in [-0.4, -0.2) is 39.4 Å². The molecule has 150 valence electrons. The molecule has 0 fully saturated rings. The standard InChI is InChI=1S/C23H24FN3OS/c1-13-8-16-15-6-4-5-7-17(15)26-21(16)22(27(13)12-23(2,3)24)20-10-18-19(29-20)9-14(11-28)25-18/h4-7,9-11,13,22,25-26H,8,12H2,1-3H3/t13-,22-/m1/s1. The third kappa shape index (κ3) is 3.11.